The van der Waals surface area contributed by atoms with Gasteiger partial charge in [0.05, 0.1) is 11.3 Å². The number of anilines is 1. The summed E-state index contributed by atoms with van der Waals surface area (Å²) in [5, 5.41) is 0. The first-order valence-corrected chi connectivity index (χ1v) is 6.34. The normalized spacial score (nSPS) is 10.8. The Labute approximate surface area is 116 Å². The van der Waals surface area contributed by atoms with E-state index in [2.05, 4.69) is 4.98 Å². The summed E-state index contributed by atoms with van der Waals surface area (Å²) in [5.74, 6) is 0.00605. The van der Waals surface area contributed by atoms with Crippen LogP contribution < -0.4 is 10.5 Å². The first-order chi connectivity index (χ1) is 9.43. The number of pyridine rings is 1. The standard InChI is InChI=1S/C14H17N3O3/c1-9(2)12-10(3)17(20-13(12)18)14(19)16(4)11-5-7-15-8-6-11/h5-9H,1-4H3. The fraction of sp³-hybridized carbons (Fsp3) is 0.357. The van der Waals surface area contributed by atoms with Gasteiger partial charge in [-0.1, -0.05) is 13.8 Å². The summed E-state index contributed by atoms with van der Waals surface area (Å²) in [6.45, 7) is 5.49. The maximum atomic E-state index is 12.4. The summed E-state index contributed by atoms with van der Waals surface area (Å²) >= 11 is 0. The van der Waals surface area contributed by atoms with Crippen LogP contribution in [-0.4, -0.2) is 22.8 Å². The Bertz CT molecular complexity index is 671. The van der Waals surface area contributed by atoms with Crippen molar-refractivity contribution in [3.8, 4) is 0 Å². The van der Waals surface area contributed by atoms with Crippen molar-refractivity contribution in [2.45, 2.75) is 26.7 Å². The number of carbonyl (C=O) groups excluding carboxylic acids is 1. The van der Waals surface area contributed by atoms with Gasteiger partial charge in [-0.3, -0.25) is 9.88 Å². The van der Waals surface area contributed by atoms with E-state index in [4.69, 9.17) is 4.52 Å². The van der Waals surface area contributed by atoms with E-state index in [0.29, 0.717) is 16.9 Å². The zero-order valence-electron chi connectivity index (χ0n) is 12.0. The van der Waals surface area contributed by atoms with Crippen LogP contribution in [0.5, 0.6) is 0 Å². The maximum Gasteiger partial charge on any atom is 0.362 e. The molecule has 0 aliphatic rings. The molecule has 0 aliphatic heterocycles. The largest absolute Gasteiger partial charge is 0.362 e. The van der Waals surface area contributed by atoms with Crippen LogP contribution in [0, 0.1) is 6.92 Å². The molecule has 2 aromatic heterocycles. The van der Waals surface area contributed by atoms with Crippen molar-refractivity contribution >= 4 is 11.7 Å². The van der Waals surface area contributed by atoms with E-state index in [1.54, 1.807) is 38.5 Å². The molecule has 2 rings (SSSR count). The van der Waals surface area contributed by atoms with Crippen molar-refractivity contribution < 1.29 is 9.32 Å². The first kappa shape index (κ1) is 14.0. The molecule has 106 valence electrons. The second-order valence-electron chi connectivity index (χ2n) is 4.87. The van der Waals surface area contributed by atoms with Gasteiger partial charge >= 0.3 is 11.7 Å². The van der Waals surface area contributed by atoms with Gasteiger partial charge in [-0.25, -0.2) is 9.59 Å². The minimum Gasteiger partial charge on any atom is -0.327 e. The fourth-order valence-electron chi connectivity index (χ4n) is 2.11. The van der Waals surface area contributed by atoms with Gasteiger partial charge in [-0.2, -0.15) is 0 Å². The molecule has 0 saturated carbocycles. The molecule has 0 radical (unpaired) electrons. The van der Waals surface area contributed by atoms with Gasteiger partial charge in [-0.05, 0) is 25.0 Å². The Morgan fingerprint density at radius 3 is 2.45 bits per heavy atom. The van der Waals surface area contributed by atoms with Crippen LogP contribution in [0.15, 0.2) is 33.8 Å². The molecule has 0 fully saturated rings. The van der Waals surface area contributed by atoms with Crippen molar-refractivity contribution in [3.63, 3.8) is 0 Å². The van der Waals surface area contributed by atoms with E-state index in [1.165, 1.54) is 4.90 Å². The third-order valence-corrected chi connectivity index (χ3v) is 3.18. The smallest absolute Gasteiger partial charge is 0.327 e. The van der Waals surface area contributed by atoms with Gasteiger partial charge in [-0.15, -0.1) is 4.74 Å². The Kier molecular flexibility index (Phi) is 3.74. The van der Waals surface area contributed by atoms with Gasteiger partial charge in [0, 0.05) is 25.1 Å². The highest BCUT2D eigenvalue weighted by Crippen LogP contribution is 2.18. The fourth-order valence-corrected chi connectivity index (χ4v) is 2.11. The second kappa shape index (κ2) is 5.32. The van der Waals surface area contributed by atoms with Crippen LogP contribution in [0.3, 0.4) is 0 Å². The first-order valence-electron chi connectivity index (χ1n) is 6.34. The number of nitrogens with zero attached hydrogens (tertiary/aromatic N) is 3. The minimum absolute atomic E-state index is 0.00605. The predicted octanol–water partition coefficient (Wildman–Crippen LogP) is 2.37. The van der Waals surface area contributed by atoms with Gasteiger partial charge in [0.2, 0.25) is 0 Å². The van der Waals surface area contributed by atoms with Crippen LogP contribution in [0.4, 0.5) is 10.5 Å². The second-order valence-corrected chi connectivity index (χ2v) is 4.87. The number of rotatable bonds is 2. The number of aromatic nitrogens is 2. The van der Waals surface area contributed by atoms with E-state index < -0.39 is 11.7 Å². The molecule has 6 nitrogen and oxygen atoms in total. The number of carbonyl (C=O) groups is 1. The van der Waals surface area contributed by atoms with Crippen LogP contribution >= 0.6 is 0 Å². The molecule has 0 spiro atoms. The molecular weight excluding hydrogens is 258 g/mol. The molecule has 0 unspecified atom stereocenters. The molecule has 0 aliphatic carbocycles. The molecule has 0 atom stereocenters. The summed E-state index contributed by atoms with van der Waals surface area (Å²) in [7, 11) is 1.62. The number of amides is 1. The lowest BCUT2D eigenvalue weighted by Crippen LogP contribution is -2.31. The summed E-state index contributed by atoms with van der Waals surface area (Å²) in [6, 6.07) is 2.99. The molecule has 0 saturated heterocycles. The molecule has 1 amide bonds. The topological polar surface area (TPSA) is 68.3 Å². The molecular formula is C14H17N3O3. The quantitative estimate of drug-likeness (QED) is 0.843. The zero-order valence-corrected chi connectivity index (χ0v) is 12.0. The lowest BCUT2D eigenvalue weighted by Gasteiger charge is -2.16. The van der Waals surface area contributed by atoms with Gasteiger partial charge < -0.3 is 4.52 Å². The van der Waals surface area contributed by atoms with Gasteiger partial charge in [0.25, 0.3) is 0 Å². The lowest BCUT2D eigenvalue weighted by atomic mass is 10.1. The van der Waals surface area contributed by atoms with Crippen molar-refractivity contribution in [2.75, 3.05) is 11.9 Å². The van der Waals surface area contributed by atoms with Crippen LogP contribution in [0.2, 0.25) is 0 Å². The minimum atomic E-state index is -0.464. The lowest BCUT2D eigenvalue weighted by molar-refractivity contribution is 0.212. The number of hydrogen-bond donors (Lipinski definition) is 0. The molecule has 6 heteroatoms. The average Bonchev–Trinajstić information content (AvgIpc) is 2.73. The monoisotopic (exact) mass is 275 g/mol. The molecule has 0 N–H and O–H groups in total. The summed E-state index contributed by atoms with van der Waals surface area (Å²) < 4.78 is 6.11. The molecule has 0 bridgehead atoms. The summed E-state index contributed by atoms with van der Waals surface area (Å²) in [5.41, 5.74) is 1.28. The zero-order chi connectivity index (χ0) is 14.9. The Hall–Kier alpha value is -2.37. The van der Waals surface area contributed by atoms with Crippen molar-refractivity contribution in [1.82, 2.24) is 9.72 Å². The highest BCUT2D eigenvalue weighted by Gasteiger charge is 2.23. The van der Waals surface area contributed by atoms with Gasteiger partial charge in [0.1, 0.15) is 0 Å². The maximum absolute atomic E-state index is 12.4. The Morgan fingerprint density at radius 1 is 1.35 bits per heavy atom. The summed E-state index contributed by atoms with van der Waals surface area (Å²) in [4.78, 5) is 29.5. The molecule has 20 heavy (non-hydrogen) atoms. The van der Waals surface area contributed by atoms with E-state index in [0.717, 1.165) is 4.74 Å². The number of hydrogen-bond acceptors (Lipinski definition) is 4. The highest BCUT2D eigenvalue weighted by molar-refractivity contribution is 5.92. The average molecular weight is 275 g/mol. The van der Waals surface area contributed by atoms with Crippen molar-refractivity contribution in [2.24, 2.45) is 0 Å². The predicted molar refractivity (Wildman–Crippen MR) is 75.2 cm³/mol. The SMILES string of the molecule is Cc1c(C(C)C)c(=O)on1C(=O)N(C)c1ccncc1. The molecule has 2 aromatic rings. The summed E-state index contributed by atoms with van der Waals surface area (Å²) in [6.07, 6.45) is 3.19. The van der Waals surface area contributed by atoms with E-state index in [-0.39, 0.29) is 5.92 Å². The van der Waals surface area contributed by atoms with Crippen molar-refractivity contribution in [1.29, 1.82) is 0 Å². The third kappa shape index (κ3) is 2.36. The van der Waals surface area contributed by atoms with E-state index >= 15 is 0 Å². The van der Waals surface area contributed by atoms with Crippen LogP contribution in [-0.2, 0) is 0 Å². The van der Waals surface area contributed by atoms with Crippen LogP contribution in [0.25, 0.3) is 0 Å². The van der Waals surface area contributed by atoms with E-state index in [1.807, 2.05) is 13.8 Å². The molecule has 2 heterocycles. The van der Waals surface area contributed by atoms with E-state index in [9.17, 15) is 9.59 Å². The van der Waals surface area contributed by atoms with Crippen molar-refractivity contribution in [3.05, 3.63) is 46.2 Å². The Morgan fingerprint density at radius 2 is 1.95 bits per heavy atom. The molecule has 0 aromatic carbocycles. The van der Waals surface area contributed by atoms with Crippen LogP contribution in [0.1, 0.15) is 31.0 Å². The Balaban J connectivity index is 2.40. The third-order valence-electron chi connectivity index (χ3n) is 3.18. The highest BCUT2D eigenvalue weighted by atomic mass is 16.5. The van der Waals surface area contributed by atoms with Gasteiger partial charge in [0.15, 0.2) is 0 Å².